The Bertz CT molecular complexity index is 832. The molecule has 0 aliphatic carbocycles. The summed E-state index contributed by atoms with van der Waals surface area (Å²) in [5.74, 6) is 0.674. The Balaban J connectivity index is 1.63. The molecule has 2 heterocycles. The third kappa shape index (κ3) is 7.97. The molecule has 1 fully saturated rings. The predicted molar refractivity (Wildman–Crippen MR) is 126 cm³/mol. The number of guanidine groups is 1. The van der Waals surface area contributed by atoms with Crippen molar-refractivity contribution >= 4 is 23.2 Å². The molecule has 0 spiro atoms. The first-order chi connectivity index (χ1) is 15.1. The summed E-state index contributed by atoms with van der Waals surface area (Å²) in [4.78, 5) is 22.1. The highest BCUT2D eigenvalue weighted by molar-refractivity contribution is 7.09. The number of nitrogens with one attached hydrogen (secondary N) is 2. The molecule has 0 unspecified atom stereocenters. The molecule has 1 aliphatic rings. The van der Waals surface area contributed by atoms with Crippen molar-refractivity contribution in [3.63, 3.8) is 0 Å². The fourth-order valence-corrected chi connectivity index (χ4v) is 3.99. The molecule has 2 aromatic rings. The number of ether oxygens (including phenoxy) is 1. The van der Waals surface area contributed by atoms with Crippen LogP contribution in [0.5, 0.6) is 0 Å². The van der Waals surface area contributed by atoms with Crippen molar-refractivity contribution in [2.24, 2.45) is 4.99 Å². The summed E-state index contributed by atoms with van der Waals surface area (Å²) < 4.78 is 5.46. The molecule has 1 amide bonds. The fraction of sp³-hybridized carbons (Fsp3) is 0.478. The van der Waals surface area contributed by atoms with Crippen molar-refractivity contribution < 1.29 is 9.53 Å². The van der Waals surface area contributed by atoms with E-state index < -0.39 is 0 Å². The lowest BCUT2D eigenvalue weighted by molar-refractivity contribution is -0.127. The zero-order valence-corrected chi connectivity index (χ0v) is 19.3. The van der Waals surface area contributed by atoms with Gasteiger partial charge in [-0.25, -0.2) is 4.99 Å². The molecule has 0 radical (unpaired) electrons. The van der Waals surface area contributed by atoms with Crippen molar-refractivity contribution in [3.05, 3.63) is 57.8 Å². The van der Waals surface area contributed by atoms with E-state index in [4.69, 9.17) is 9.73 Å². The number of amides is 1. The lowest BCUT2D eigenvalue weighted by atomic mass is 10.1. The van der Waals surface area contributed by atoms with Gasteiger partial charge in [-0.1, -0.05) is 30.3 Å². The maximum absolute atomic E-state index is 12.0. The van der Waals surface area contributed by atoms with Crippen LogP contribution in [0.2, 0.25) is 0 Å². The molecule has 31 heavy (non-hydrogen) atoms. The number of carbonyl (C=O) groups excluding carboxylic acids is 1. The minimum absolute atomic E-state index is 0.0143. The number of thiophene rings is 1. The molecule has 0 saturated carbocycles. The van der Waals surface area contributed by atoms with Crippen LogP contribution in [0.3, 0.4) is 0 Å². The lowest BCUT2D eigenvalue weighted by Gasteiger charge is -2.27. The second kappa shape index (κ2) is 12.4. The minimum atomic E-state index is 0.0143. The van der Waals surface area contributed by atoms with Gasteiger partial charge in [-0.3, -0.25) is 9.69 Å². The number of carbonyl (C=O) groups is 1. The van der Waals surface area contributed by atoms with Crippen LogP contribution in [0.15, 0.2) is 46.8 Å². The molecule has 1 aliphatic heterocycles. The first-order valence-electron chi connectivity index (χ1n) is 10.7. The first kappa shape index (κ1) is 23.2. The number of aliphatic imine (C=N–C) groups is 1. The van der Waals surface area contributed by atoms with Crippen molar-refractivity contribution in [3.8, 4) is 0 Å². The highest BCUT2D eigenvalue weighted by Crippen LogP contribution is 2.14. The first-order valence-corrected chi connectivity index (χ1v) is 11.6. The van der Waals surface area contributed by atoms with Gasteiger partial charge in [0.1, 0.15) is 0 Å². The molecule has 0 bridgehead atoms. The fourth-order valence-electron chi connectivity index (χ4n) is 3.28. The minimum Gasteiger partial charge on any atom is -0.379 e. The molecule has 8 heteroatoms. The zero-order chi connectivity index (χ0) is 21.9. The molecular formula is C23H33N5O2S. The molecule has 3 rings (SSSR count). The molecule has 7 nitrogen and oxygen atoms in total. The normalized spacial score (nSPS) is 15.0. The van der Waals surface area contributed by atoms with Crippen LogP contribution in [0.4, 0.5) is 0 Å². The Kier molecular flexibility index (Phi) is 9.33. The maximum atomic E-state index is 12.0. The monoisotopic (exact) mass is 443 g/mol. The SMILES string of the molecule is CN(C)C(=O)CNC(=NCc1ccccc1CN1CCOCC1)NCCc1cccs1. The van der Waals surface area contributed by atoms with Gasteiger partial charge in [0.25, 0.3) is 0 Å². The van der Waals surface area contributed by atoms with E-state index in [-0.39, 0.29) is 12.5 Å². The van der Waals surface area contributed by atoms with E-state index in [1.807, 2.05) is 0 Å². The summed E-state index contributed by atoms with van der Waals surface area (Å²) in [5, 5.41) is 8.63. The second-order valence-electron chi connectivity index (χ2n) is 7.72. The summed E-state index contributed by atoms with van der Waals surface area (Å²) in [7, 11) is 3.51. The van der Waals surface area contributed by atoms with E-state index in [0.29, 0.717) is 12.5 Å². The van der Waals surface area contributed by atoms with Crippen LogP contribution in [0.25, 0.3) is 0 Å². The van der Waals surface area contributed by atoms with Crippen molar-refractivity contribution in [2.75, 3.05) is 53.5 Å². The Labute approximate surface area is 189 Å². The van der Waals surface area contributed by atoms with Gasteiger partial charge in [-0.2, -0.15) is 0 Å². The summed E-state index contributed by atoms with van der Waals surface area (Å²) in [6, 6.07) is 12.6. The number of likely N-dealkylation sites (N-methyl/N-ethyl adjacent to an activating group) is 1. The summed E-state index contributed by atoms with van der Waals surface area (Å²) in [6.45, 7) is 5.95. The highest BCUT2D eigenvalue weighted by Gasteiger charge is 2.13. The number of hydrogen-bond donors (Lipinski definition) is 2. The van der Waals surface area contributed by atoms with Crippen LogP contribution in [0.1, 0.15) is 16.0 Å². The smallest absolute Gasteiger partial charge is 0.241 e. The standard InChI is InChI=1S/C23H33N5O2S/c1-27(2)22(29)17-26-23(24-10-9-21-8-5-15-31-21)25-16-19-6-3-4-7-20(19)18-28-11-13-30-14-12-28/h3-8,15H,9-14,16-18H2,1-2H3,(H2,24,25,26). The zero-order valence-electron chi connectivity index (χ0n) is 18.5. The Morgan fingerprint density at radius 3 is 2.61 bits per heavy atom. The van der Waals surface area contributed by atoms with Crippen molar-refractivity contribution in [2.45, 2.75) is 19.5 Å². The van der Waals surface area contributed by atoms with Crippen LogP contribution in [-0.2, 0) is 29.0 Å². The van der Waals surface area contributed by atoms with E-state index in [1.54, 1.807) is 30.3 Å². The number of hydrogen-bond acceptors (Lipinski definition) is 5. The van der Waals surface area contributed by atoms with Gasteiger partial charge >= 0.3 is 0 Å². The van der Waals surface area contributed by atoms with Gasteiger partial charge in [0, 0.05) is 45.2 Å². The average Bonchev–Trinajstić information content (AvgIpc) is 3.30. The Morgan fingerprint density at radius 1 is 1.13 bits per heavy atom. The van der Waals surface area contributed by atoms with Crippen LogP contribution in [0, 0.1) is 0 Å². The van der Waals surface area contributed by atoms with Gasteiger partial charge in [0.05, 0.1) is 26.3 Å². The summed E-state index contributed by atoms with van der Waals surface area (Å²) in [6.07, 6.45) is 0.924. The van der Waals surface area contributed by atoms with Crippen LogP contribution in [-0.4, -0.2) is 75.2 Å². The third-order valence-corrected chi connectivity index (χ3v) is 6.11. The highest BCUT2D eigenvalue weighted by atomic mass is 32.1. The molecule has 1 aromatic carbocycles. The molecule has 1 saturated heterocycles. The molecule has 1 aromatic heterocycles. The maximum Gasteiger partial charge on any atom is 0.241 e. The van der Waals surface area contributed by atoms with Gasteiger partial charge < -0.3 is 20.3 Å². The predicted octanol–water partition coefficient (Wildman–Crippen LogP) is 1.95. The molecule has 0 atom stereocenters. The van der Waals surface area contributed by atoms with Crippen molar-refractivity contribution in [1.82, 2.24) is 20.4 Å². The van der Waals surface area contributed by atoms with E-state index in [2.05, 4.69) is 57.3 Å². The topological polar surface area (TPSA) is 69.2 Å². The quantitative estimate of drug-likeness (QED) is 0.458. The van der Waals surface area contributed by atoms with Gasteiger partial charge in [-0.15, -0.1) is 11.3 Å². The van der Waals surface area contributed by atoms with E-state index >= 15 is 0 Å². The average molecular weight is 444 g/mol. The third-order valence-electron chi connectivity index (χ3n) is 5.17. The van der Waals surface area contributed by atoms with E-state index in [0.717, 1.165) is 45.8 Å². The second-order valence-corrected chi connectivity index (χ2v) is 8.75. The lowest BCUT2D eigenvalue weighted by Crippen LogP contribution is -2.43. The largest absolute Gasteiger partial charge is 0.379 e. The van der Waals surface area contributed by atoms with Crippen LogP contribution >= 0.6 is 11.3 Å². The number of rotatable bonds is 9. The Hall–Kier alpha value is -2.42. The molecule has 2 N–H and O–H groups in total. The van der Waals surface area contributed by atoms with Crippen LogP contribution < -0.4 is 10.6 Å². The number of benzene rings is 1. The molecule has 168 valence electrons. The molecular weight excluding hydrogens is 410 g/mol. The number of nitrogens with zero attached hydrogens (tertiary/aromatic N) is 3. The number of morpholine rings is 1. The van der Waals surface area contributed by atoms with Gasteiger partial charge in [0.15, 0.2) is 5.96 Å². The Morgan fingerprint density at radius 2 is 1.90 bits per heavy atom. The summed E-state index contributed by atoms with van der Waals surface area (Å²) in [5.41, 5.74) is 2.49. The van der Waals surface area contributed by atoms with Gasteiger partial charge in [0.2, 0.25) is 5.91 Å². The summed E-state index contributed by atoms with van der Waals surface area (Å²) >= 11 is 1.75. The van der Waals surface area contributed by atoms with E-state index in [9.17, 15) is 4.79 Å². The van der Waals surface area contributed by atoms with E-state index in [1.165, 1.54) is 16.0 Å². The van der Waals surface area contributed by atoms with Gasteiger partial charge in [-0.05, 0) is 29.0 Å². The van der Waals surface area contributed by atoms with Crippen molar-refractivity contribution in [1.29, 1.82) is 0 Å².